The van der Waals surface area contributed by atoms with Crippen LogP contribution in [0.15, 0.2) is 301 Å². The van der Waals surface area contributed by atoms with Crippen molar-refractivity contribution in [2.24, 2.45) is 0 Å². The predicted molar refractivity (Wildman–Crippen MR) is 440 cm³/mol. The van der Waals surface area contributed by atoms with Crippen molar-refractivity contribution in [1.29, 1.82) is 0 Å². The molecule has 0 heterocycles. The number of aryl methyl sites for hydroxylation is 1. The number of ether oxygens (including phenoxy) is 2. The summed E-state index contributed by atoms with van der Waals surface area (Å²) in [5, 5.41) is 28.3. The number of carboxylic acids is 3. The number of halogens is 29. The smallest absolute Gasteiger partial charge is 0 e. The van der Waals surface area contributed by atoms with Crippen LogP contribution in [-0.2, 0) is 93.4 Å². The molecule has 0 aliphatic carbocycles. The number of carbonyl (C=O) groups is 5. The second-order valence-electron chi connectivity index (χ2n) is 24.0. The first-order valence-electron chi connectivity index (χ1n) is 33.8. The molecule has 0 aliphatic rings. The second-order valence-corrected chi connectivity index (χ2v) is 40.7. The Kier molecular flexibility index (Phi) is 53.6. The van der Waals surface area contributed by atoms with Gasteiger partial charge in [-0.25, -0.2) is 78.5 Å². The molecule has 0 aliphatic heterocycles. The van der Waals surface area contributed by atoms with Gasteiger partial charge in [-0.1, -0.05) is 138 Å². The van der Waals surface area contributed by atoms with E-state index in [2.05, 4.69) is 22.6 Å². The van der Waals surface area contributed by atoms with Crippen LogP contribution in [0.4, 0.5) is 100 Å². The van der Waals surface area contributed by atoms with Crippen LogP contribution < -0.4 is 20.0 Å². The van der Waals surface area contributed by atoms with E-state index in [1.54, 1.807) is 60.7 Å². The van der Waals surface area contributed by atoms with Crippen molar-refractivity contribution in [3.63, 3.8) is 0 Å². The van der Waals surface area contributed by atoms with Gasteiger partial charge in [0.25, 0.3) is 0 Å². The summed E-state index contributed by atoms with van der Waals surface area (Å²) in [6, 6.07) is 51.6. The van der Waals surface area contributed by atoms with E-state index in [0.717, 1.165) is 76.4 Å². The van der Waals surface area contributed by atoms with Crippen LogP contribution in [0, 0.1) is 18.6 Å². The van der Waals surface area contributed by atoms with Crippen LogP contribution in [0.25, 0.3) is 0 Å². The summed E-state index contributed by atoms with van der Waals surface area (Å²) in [4.78, 5) is 54.0. The van der Waals surface area contributed by atoms with Gasteiger partial charge in [-0.15, -0.1) is 0 Å². The van der Waals surface area contributed by atoms with Crippen LogP contribution in [0.5, 0.6) is 0 Å². The number of aromatic carboxylic acids is 3. The number of hydrogen-bond donors (Lipinski definition) is 2. The quantitative estimate of drug-likeness (QED) is 0.0141. The van der Waals surface area contributed by atoms with Gasteiger partial charge in [0.05, 0.1) is 87.2 Å². The molecule has 0 saturated heterocycles. The fourth-order valence-electron chi connectivity index (χ4n) is 7.95. The third-order valence-corrected chi connectivity index (χ3v) is 20.7. The summed E-state index contributed by atoms with van der Waals surface area (Å²) in [6.07, 6.45) is -8.03. The van der Waals surface area contributed by atoms with Crippen LogP contribution in [-0.4, -0.2) is 159 Å². The number of carbonyl (C=O) groups excluding carboxylic acids is 3. The van der Waals surface area contributed by atoms with Crippen molar-refractivity contribution < 1.29 is 239 Å². The maximum absolute atomic E-state index is 13.7. The molecular weight excluding hydrogens is 2310 g/mol. The average molecular weight is 2360 g/mol. The summed E-state index contributed by atoms with van der Waals surface area (Å²) in [5.41, 5.74) is -9.23. The summed E-state index contributed by atoms with van der Waals surface area (Å²) >= 11 is 2.70. The molecule has 0 unspecified atom stereocenters. The molecule has 0 amide bonds. The zero-order valence-corrected chi connectivity index (χ0v) is 78.6. The standard InChI is InChI=1S/C18H11Cl2F2S.C12H10O7S.C8H3BF6.2C7H6O5S.C7H8O3S.C7H6O2.C6H6O3S.CHF3O3S.BF3.F6P.7FH.Sb.2H2/c19-12-1-5-16(6-2-12)23(17-7-3-13(20)4-8-17)18-10-14(21)9-15(22)11-18;1-3-18-11(13)8-5-9(12(14)19-4-2)7-10(6-8)20(15,16)17;9-6-2-4(7(10,11)12)1-5(3-6)8(13,14)15;8-7(9)5-2-1-3-6(4-5)13(10,11)12;8-7(9)5-3-1-2-4-6(5)13(10,11)12;1-6-2-4-7(5-3-6)11(8,9)10;8-7(9)6-4-2-1-3-5-6;7-10(8,9)6-4-2-1-3-5-6;2-1(3,4)8(5,6)7;2-1(3)4;1-7(2,3,4,5)6;;;;;;;;;;/h1-11H;3-7H,1-2H2,(H,15,16,17);1-3H;2*1-4H,(H,8,9)(H,10,11,12);2-5H,1H3,(H,8,9,10);1-5H,(H,8,9);1-5H,(H,7,8,9);(H,5,6,7);;;7*1H;;2*1H/q+1;;;;;;;;;;-1;;;;;;;;+5;;/p-14. The molecule has 0 bridgehead atoms. The van der Waals surface area contributed by atoms with E-state index in [9.17, 15) is 194 Å². The van der Waals surface area contributed by atoms with Crippen molar-refractivity contribution in [2.75, 3.05) is 0 Å². The van der Waals surface area contributed by atoms with Gasteiger partial charge in [0.2, 0.25) is 0 Å². The van der Waals surface area contributed by atoms with E-state index in [0.29, 0.717) is 27.1 Å². The van der Waals surface area contributed by atoms with E-state index in [1.165, 1.54) is 84.9 Å². The molecule has 0 spiro atoms. The molecule has 0 saturated carbocycles. The molecule has 141 heavy (non-hydrogen) atoms. The molecule has 2 radical (unpaired) electrons. The first-order valence-corrected chi connectivity index (χ1v) is 51.1. The first-order chi connectivity index (χ1) is 62.3. The Labute approximate surface area is 800 Å². The van der Waals surface area contributed by atoms with Gasteiger partial charge >= 0.3 is 117 Å². The number of carboxylic acid groups (broad SMARTS) is 3. The molecular formula is C73H54B2Cl2F27O28PS7Sb-9. The summed E-state index contributed by atoms with van der Waals surface area (Å²) < 4.78 is 464. The number of rotatable bonds is 15. The summed E-state index contributed by atoms with van der Waals surface area (Å²) in [7, 11) is -38.8. The third-order valence-electron chi connectivity index (χ3n) is 13.2. The molecule has 68 heteroatoms. The number of esters is 2. The van der Waals surface area contributed by atoms with Gasteiger partial charge in [0.15, 0.2) is 24.8 Å². The monoisotopic (exact) mass is 2360 g/mol. The van der Waals surface area contributed by atoms with E-state index in [4.69, 9.17) is 54.2 Å². The summed E-state index contributed by atoms with van der Waals surface area (Å²) in [6.45, 7) is 8.13. The molecule has 10 rings (SSSR count). The van der Waals surface area contributed by atoms with E-state index in [-0.39, 0.29) is 50.4 Å². The zero-order chi connectivity index (χ0) is 109. The maximum atomic E-state index is 13.7. The van der Waals surface area contributed by atoms with Crippen LogP contribution in [0.1, 0.15) is 71.3 Å². The molecule has 0 atom stereocenters. The minimum Gasteiger partial charge on any atom is 0 e. The van der Waals surface area contributed by atoms with Gasteiger partial charge in [-0.3, -0.25) is 12.9 Å². The maximum Gasteiger partial charge on any atom is 0 e. The molecule has 28 nitrogen and oxygen atoms in total. The van der Waals surface area contributed by atoms with Crippen molar-refractivity contribution >= 4 is 174 Å². The van der Waals surface area contributed by atoms with E-state index >= 15 is 0 Å². The van der Waals surface area contributed by atoms with Crippen LogP contribution >= 0.6 is 31.0 Å². The van der Waals surface area contributed by atoms with Crippen molar-refractivity contribution in [1.82, 2.24) is 0 Å². The normalized spacial score (nSPS) is 11.9. The average Bonchev–Trinajstić information content (AvgIpc) is 0.788. The Morgan fingerprint density at radius 1 is 0.433 bits per heavy atom. The number of hydrogen-bond acceptors (Lipinski definition) is 26. The van der Waals surface area contributed by atoms with Gasteiger partial charge in [-0.05, 0) is 140 Å². The van der Waals surface area contributed by atoms with Crippen molar-refractivity contribution in [2.45, 2.75) is 63.9 Å². The Balaban J connectivity index is -0.000000366. The fourth-order valence-corrected chi connectivity index (χ4v) is 13.0. The SMILES string of the molecule is C=COC(=O)c1cc(C(=O)OC=C)cc(S(=O)(=O)[O-])c1.Cc1ccc(S(=O)(=O)[O-])cc1.FB(F)F.F[P-](F)(F)(F)(F)F.Fc1cc(F)cc([S+](c2ccc(Cl)cc2)c2ccc(Cl)cc2)c1.O=C(O)c1cccc(S(=O)(=O)[O-])c1.O=C(O)c1ccccc1S(=O)(=O)[O-].O=C([O-])c1ccccc1.O=S(=O)([O-])C(F)(F)F.O=S(=O)([O-])c1ccccc1.[B]c1cc(C(F)(F)F)cc(C(F)(F)F)c1.[F-].[F-].[F][Sb]([F])([F])([F])[F].[HH].[HH]. The molecule has 0 fully saturated rings. The Hall–Kier alpha value is -11.1. The van der Waals surface area contributed by atoms with Gasteiger partial charge in [0, 0.05) is 31.1 Å². The van der Waals surface area contributed by atoms with Crippen LogP contribution in [0.2, 0.25) is 10.0 Å². The van der Waals surface area contributed by atoms with Gasteiger partial charge in [0.1, 0.15) is 70.1 Å². The predicted octanol–water partition coefficient (Wildman–Crippen LogP) is 12.7. The molecule has 10 aromatic rings. The van der Waals surface area contributed by atoms with Gasteiger partial charge < -0.3 is 66.3 Å². The summed E-state index contributed by atoms with van der Waals surface area (Å²) in [5.74, 6) is -6.98. The number of alkyl halides is 9. The molecule has 2 N–H and O–H groups in total. The van der Waals surface area contributed by atoms with Crippen LogP contribution in [0.3, 0.4) is 0 Å². The van der Waals surface area contributed by atoms with E-state index < -0.39 is 203 Å². The minimum absolute atomic E-state index is 0. The fraction of sp³-hybridized carbons (Fsp3) is 0.0548. The Morgan fingerprint density at radius 3 is 1.01 bits per heavy atom. The minimum atomic E-state index is -10.7. The first kappa shape index (κ1) is 136. The third kappa shape index (κ3) is 63.4. The largest absolute Gasteiger partial charge is 0 e. The second kappa shape index (κ2) is 55.5. The molecule has 0 aromatic heterocycles. The Morgan fingerprint density at radius 2 is 0.738 bits per heavy atom. The topological polar surface area (TPSA) is 511 Å². The zero-order valence-electron chi connectivity index (χ0n) is 68.0. The van der Waals surface area contributed by atoms with Gasteiger partial charge in [-0.2, -0.15) is 39.5 Å². The van der Waals surface area contributed by atoms with E-state index in [1.807, 2.05) is 31.2 Å². The number of benzene rings is 10. The van der Waals surface area contributed by atoms with Crippen molar-refractivity contribution in [3.8, 4) is 0 Å². The Bertz CT molecular complexity index is 6460. The molecule has 10 aromatic carbocycles. The molecule has 784 valence electrons. The van der Waals surface area contributed by atoms with Crippen molar-refractivity contribution in [3.05, 3.63) is 328 Å².